The third-order valence-electron chi connectivity index (χ3n) is 12.5. The molecule has 0 atom stereocenters. The van der Waals surface area contributed by atoms with E-state index in [2.05, 4.69) is 181 Å². The normalized spacial score (nSPS) is 13.1. The Morgan fingerprint density at radius 1 is 0.414 bits per heavy atom. The Labute approximate surface area is 335 Å². The first kappa shape index (κ1) is 32.8. The van der Waals surface area contributed by atoms with Gasteiger partial charge in [0, 0.05) is 51.0 Å². The van der Waals surface area contributed by atoms with E-state index < -0.39 is 0 Å². The molecule has 12 rings (SSSR count). The van der Waals surface area contributed by atoms with Gasteiger partial charge in [0.1, 0.15) is 0 Å². The van der Waals surface area contributed by atoms with E-state index in [0.717, 1.165) is 50.2 Å². The lowest BCUT2D eigenvalue weighted by Gasteiger charge is -2.22. The molecule has 0 amide bonds. The van der Waals surface area contributed by atoms with Crippen LogP contribution in [0.15, 0.2) is 182 Å². The van der Waals surface area contributed by atoms with Crippen molar-refractivity contribution >= 4 is 54.1 Å². The second-order valence-corrected chi connectivity index (χ2v) is 16.0. The Morgan fingerprint density at radius 2 is 0.948 bits per heavy atom. The van der Waals surface area contributed by atoms with Crippen molar-refractivity contribution < 1.29 is 0 Å². The SMILES string of the molecule is CC1(C)c2cc3c4ccccc4c4ccccc4c3cc2-c2cc3c(cc21)c1cnccc1n3-c1cccc(-c2nc(-c3ccccc3)cc(-c3ccccc3)n2)c1. The van der Waals surface area contributed by atoms with Crippen LogP contribution in [0.3, 0.4) is 0 Å². The summed E-state index contributed by atoms with van der Waals surface area (Å²) >= 11 is 0. The quantitative estimate of drug-likeness (QED) is 0.169. The van der Waals surface area contributed by atoms with E-state index in [1.807, 2.05) is 24.5 Å². The van der Waals surface area contributed by atoms with E-state index in [9.17, 15) is 0 Å². The molecule has 0 saturated carbocycles. The summed E-state index contributed by atoms with van der Waals surface area (Å²) in [7, 11) is 0. The van der Waals surface area contributed by atoms with Crippen LogP contribution < -0.4 is 0 Å². The highest BCUT2D eigenvalue weighted by Gasteiger charge is 2.37. The number of hydrogen-bond donors (Lipinski definition) is 0. The predicted molar refractivity (Wildman–Crippen MR) is 241 cm³/mol. The molecule has 272 valence electrons. The van der Waals surface area contributed by atoms with Crippen molar-refractivity contribution in [3.05, 3.63) is 193 Å². The molecule has 0 N–H and O–H groups in total. The molecule has 0 aliphatic heterocycles. The molecular formula is C54H36N4. The minimum atomic E-state index is -0.200. The molecule has 11 aromatic rings. The van der Waals surface area contributed by atoms with Crippen LogP contribution >= 0.6 is 0 Å². The second-order valence-electron chi connectivity index (χ2n) is 16.0. The molecule has 3 aromatic heterocycles. The number of nitrogens with zero attached hydrogens (tertiary/aromatic N) is 4. The van der Waals surface area contributed by atoms with Crippen LogP contribution in [0.4, 0.5) is 0 Å². The smallest absolute Gasteiger partial charge is 0.160 e. The number of aromatic nitrogens is 4. The Kier molecular flexibility index (Phi) is 6.94. The van der Waals surface area contributed by atoms with Crippen molar-refractivity contribution in [1.29, 1.82) is 0 Å². The third-order valence-corrected chi connectivity index (χ3v) is 12.5. The summed E-state index contributed by atoms with van der Waals surface area (Å²) in [6, 6.07) is 61.1. The zero-order chi connectivity index (χ0) is 38.5. The highest BCUT2D eigenvalue weighted by molar-refractivity contribution is 6.26. The highest BCUT2D eigenvalue weighted by Crippen LogP contribution is 2.53. The number of fused-ring (bicyclic) bond motifs is 12. The fraction of sp³-hybridized carbons (Fsp3) is 0.0556. The van der Waals surface area contributed by atoms with Gasteiger partial charge < -0.3 is 4.57 Å². The molecule has 4 nitrogen and oxygen atoms in total. The first-order valence-corrected chi connectivity index (χ1v) is 19.9. The fourth-order valence-corrected chi connectivity index (χ4v) is 9.64. The van der Waals surface area contributed by atoms with E-state index in [-0.39, 0.29) is 5.41 Å². The van der Waals surface area contributed by atoms with Crippen molar-refractivity contribution in [2.75, 3.05) is 0 Å². The number of pyridine rings is 1. The Morgan fingerprint density at radius 3 is 1.59 bits per heavy atom. The predicted octanol–water partition coefficient (Wildman–Crippen LogP) is 13.7. The Hall–Kier alpha value is -7.43. The van der Waals surface area contributed by atoms with Gasteiger partial charge in [-0.1, -0.05) is 135 Å². The third kappa shape index (κ3) is 4.78. The number of rotatable bonds is 4. The van der Waals surface area contributed by atoms with Crippen molar-refractivity contribution in [2.24, 2.45) is 0 Å². The van der Waals surface area contributed by atoms with Crippen molar-refractivity contribution in [1.82, 2.24) is 19.5 Å². The zero-order valence-electron chi connectivity index (χ0n) is 32.1. The zero-order valence-corrected chi connectivity index (χ0v) is 32.1. The van der Waals surface area contributed by atoms with Crippen LogP contribution in [0.2, 0.25) is 0 Å². The molecule has 58 heavy (non-hydrogen) atoms. The molecule has 0 spiro atoms. The van der Waals surface area contributed by atoms with E-state index in [1.165, 1.54) is 60.0 Å². The van der Waals surface area contributed by atoms with Crippen LogP contribution in [-0.2, 0) is 5.41 Å². The minimum Gasteiger partial charge on any atom is -0.309 e. The van der Waals surface area contributed by atoms with Gasteiger partial charge in [-0.3, -0.25) is 4.98 Å². The lowest BCUT2D eigenvalue weighted by molar-refractivity contribution is 0.662. The Balaban J connectivity index is 1.08. The average molecular weight is 741 g/mol. The average Bonchev–Trinajstić information content (AvgIpc) is 3.72. The first-order valence-electron chi connectivity index (χ1n) is 19.9. The van der Waals surface area contributed by atoms with Crippen molar-refractivity contribution in [2.45, 2.75) is 19.3 Å². The fourth-order valence-electron chi connectivity index (χ4n) is 9.64. The van der Waals surface area contributed by atoms with Gasteiger partial charge in [-0.25, -0.2) is 9.97 Å². The summed E-state index contributed by atoms with van der Waals surface area (Å²) in [4.78, 5) is 15.0. The van der Waals surface area contributed by atoms with Crippen LogP contribution in [0, 0.1) is 0 Å². The summed E-state index contributed by atoms with van der Waals surface area (Å²) in [5.74, 6) is 0.688. The van der Waals surface area contributed by atoms with Gasteiger partial charge in [-0.2, -0.15) is 0 Å². The maximum Gasteiger partial charge on any atom is 0.160 e. The van der Waals surface area contributed by atoms with Gasteiger partial charge in [-0.15, -0.1) is 0 Å². The molecular weight excluding hydrogens is 705 g/mol. The molecule has 8 aromatic carbocycles. The molecule has 0 bridgehead atoms. The summed E-state index contributed by atoms with van der Waals surface area (Å²) in [6.45, 7) is 4.76. The van der Waals surface area contributed by atoms with Crippen molar-refractivity contribution in [3.8, 4) is 50.7 Å². The van der Waals surface area contributed by atoms with E-state index >= 15 is 0 Å². The molecule has 1 aliphatic rings. The largest absolute Gasteiger partial charge is 0.309 e. The summed E-state index contributed by atoms with van der Waals surface area (Å²) in [6.07, 6.45) is 3.92. The van der Waals surface area contributed by atoms with Gasteiger partial charge in [0.05, 0.1) is 22.4 Å². The maximum atomic E-state index is 5.17. The molecule has 0 saturated heterocycles. The lowest BCUT2D eigenvalue weighted by Crippen LogP contribution is -2.15. The van der Waals surface area contributed by atoms with E-state index in [1.54, 1.807) is 0 Å². The molecule has 1 aliphatic carbocycles. The van der Waals surface area contributed by atoms with E-state index in [4.69, 9.17) is 9.97 Å². The van der Waals surface area contributed by atoms with Crippen LogP contribution in [-0.4, -0.2) is 19.5 Å². The monoisotopic (exact) mass is 740 g/mol. The summed E-state index contributed by atoms with van der Waals surface area (Å²) < 4.78 is 2.39. The first-order chi connectivity index (χ1) is 28.5. The highest BCUT2D eigenvalue weighted by atomic mass is 15.0. The summed E-state index contributed by atoms with van der Waals surface area (Å²) in [5, 5.41) is 10.1. The van der Waals surface area contributed by atoms with Crippen LogP contribution in [0.25, 0.3) is 105 Å². The molecule has 4 heteroatoms. The van der Waals surface area contributed by atoms with Crippen LogP contribution in [0.1, 0.15) is 25.0 Å². The van der Waals surface area contributed by atoms with Gasteiger partial charge in [0.25, 0.3) is 0 Å². The molecule has 0 fully saturated rings. The van der Waals surface area contributed by atoms with Crippen LogP contribution in [0.5, 0.6) is 0 Å². The van der Waals surface area contributed by atoms with Crippen molar-refractivity contribution in [3.63, 3.8) is 0 Å². The number of hydrogen-bond acceptors (Lipinski definition) is 3. The second kappa shape index (κ2) is 12.3. The van der Waals surface area contributed by atoms with E-state index in [0.29, 0.717) is 5.82 Å². The Bertz CT molecular complexity index is 3410. The summed E-state index contributed by atoms with van der Waals surface area (Å²) in [5.41, 5.74) is 13.3. The van der Waals surface area contributed by atoms with Gasteiger partial charge in [0.15, 0.2) is 5.82 Å². The standard InChI is InChI=1S/C54H36N4/c1-54(2)47-28-42-40-23-12-10-21-38(40)37-20-9-11-22-39(37)41(42)27-43(47)44-30-52-45(29-48(44)54)46-32-55-25-24-51(46)58(52)36-19-13-18-35(26-36)53-56-49(33-14-5-3-6-15-33)31-50(57-53)34-16-7-4-8-17-34/h3-32H,1-2H3. The van der Waals surface area contributed by atoms with Gasteiger partial charge in [-0.05, 0) is 103 Å². The number of benzene rings is 8. The van der Waals surface area contributed by atoms with Gasteiger partial charge in [0.2, 0.25) is 0 Å². The van der Waals surface area contributed by atoms with Gasteiger partial charge >= 0.3 is 0 Å². The maximum absolute atomic E-state index is 5.17. The minimum absolute atomic E-state index is 0.200. The molecule has 3 heterocycles. The molecule has 0 radical (unpaired) electrons. The topological polar surface area (TPSA) is 43.6 Å². The molecule has 0 unspecified atom stereocenters. The lowest BCUT2D eigenvalue weighted by atomic mass is 9.81.